The van der Waals surface area contributed by atoms with Gasteiger partial charge in [0.2, 0.25) is 0 Å². The lowest BCUT2D eigenvalue weighted by molar-refractivity contribution is 0.205. The van der Waals surface area contributed by atoms with Gasteiger partial charge in [-0.1, -0.05) is 26.7 Å². The summed E-state index contributed by atoms with van der Waals surface area (Å²) in [6, 6.07) is 4.61. The van der Waals surface area contributed by atoms with Crippen LogP contribution in [-0.4, -0.2) is 18.1 Å². The molecule has 19 heavy (non-hydrogen) atoms. The second-order valence-electron chi connectivity index (χ2n) is 5.89. The van der Waals surface area contributed by atoms with E-state index in [1.54, 1.807) is 7.11 Å². The van der Waals surface area contributed by atoms with Crippen molar-refractivity contribution >= 4 is 0 Å². The standard InChI is InChI=1S/C16H26N2O/c1-11-6-5-7-16(13(11)3)17-10-14-9-15(19-4)8-12(2)18-14/h8-9,11,13,16-17H,5-7,10H2,1-4H3. The van der Waals surface area contributed by atoms with E-state index in [9.17, 15) is 0 Å². The number of aromatic nitrogens is 1. The Balaban J connectivity index is 1.96. The van der Waals surface area contributed by atoms with Crippen molar-refractivity contribution in [3.05, 3.63) is 23.5 Å². The quantitative estimate of drug-likeness (QED) is 0.904. The zero-order chi connectivity index (χ0) is 13.8. The topological polar surface area (TPSA) is 34.1 Å². The van der Waals surface area contributed by atoms with Crippen molar-refractivity contribution < 1.29 is 4.74 Å². The molecule has 3 nitrogen and oxygen atoms in total. The van der Waals surface area contributed by atoms with E-state index < -0.39 is 0 Å². The van der Waals surface area contributed by atoms with Gasteiger partial charge in [-0.15, -0.1) is 0 Å². The molecule has 0 aliphatic heterocycles. The second kappa shape index (κ2) is 6.38. The number of nitrogens with one attached hydrogen (secondary N) is 1. The maximum Gasteiger partial charge on any atom is 0.122 e. The van der Waals surface area contributed by atoms with E-state index in [4.69, 9.17) is 4.74 Å². The molecule has 1 heterocycles. The van der Waals surface area contributed by atoms with Crippen LogP contribution in [0.15, 0.2) is 12.1 Å². The van der Waals surface area contributed by atoms with E-state index in [0.29, 0.717) is 6.04 Å². The average Bonchev–Trinajstić information content (AvgIpc) is 2.40. The highest BCUT2D eigenvalue weighted by atomic mass is 16.5. The fourth-order valence-corrected chi connectivity index (χ4v) is 3.02. The Labute approximate surface area is 116 Å². The van der Waals surface area contributed by atoms with Crippen LogP contribution in [0.4, 0.5) is 0 Å². The minimum atomic E-state index is 0.622. The normalized spacial score (nSPS) is 27.3. The number of pyridine rings is 1. The third kappa shape index (κ3) is 3.69. The highest BCUT2D eigenvalue weighted by Crippen LogP contribution is 2.29. The van der Waals surface area contributed by atoms with Crippen LogP contribution >= 0.6 is 0 Å². The van der Waals surface area contributed by atoms with Crippen LogP contribution in [0.2, 0.25) is 0 Å². The van der Waals surface area contributed by atoms with Gasteiger partial charge in [-0.2, -0.15) is 0 Å². The summed E-state index contributed by atoms with van der Waals surface area (Å²) in [5.41, 5.74) is 2.09. The third-order valence-corrected chi connectivity index (χ3v) is 4.47. The number of ether oxygens (including phenoxy) is 1. The van der Waals surface area contributed by atoms with E-state index in [-0.39, 0.29) is 0 Å². The number of nitrogens with zero attached hydrogens (tertiary/aromatic N) is 1. The van der Waals surface area contributed by atoms with Crippen molar-refractivity contribution in [2.45, 2.75) is 52.6 Å². The highest BCUT2D eigenvalue weighted by Gasteiger charge is 2.26. The van der Waals surface area contributed by atoms with Crippen LogP contribution in [0.1, 0.15) is 44.5 Å². The Bertz CT molecular complexity index is 419. The number of hydrogen-bond acceptors (Lipinski definition) is 3. The lowest BCUT2D eigenvalue weighted by Crippen LogP contribution is -2.40. The minimum absolute atomic E-state index is 0.622. The Hall–Kier alpha value is -1.09. The number of rotatable bonds is 4. The number of hydrogen-bond donors (Lipinski definition) is 1. The van der Waals surface area contributed by atoms with E-state index >= 15 is 0 Å². The van der Waals surface area contributed by atoms with Gasteiger partial charge in [0.1, 0.15) is 5.75 Å². The molecule has 0 radical (unpaired) electrons. The summed E-state index contributed by atoms with van der Waals surface area (Å²) in [5, 5.41) is 3.68. The van der Waals surface area contributed by atoms with Crippen LogP contribution in [0, 0.1) is 18.8 Å². The molecule has 106 valence electrons. The summed E-state index contributed by atoms with van der Waals surface area (Å²) < 4.78 is 5.30. The van der Waals surface area contributed by atoms with Gasteiger partial charge in [0, 0.05) is 30.4 Å². The predicted octanol–water partition coefficient (Wildman–Crippen LogP) is 3.31. The van der Waals surface area contributed by atoms with Crippen LogP contribution < -0.4 is 10.1 Å². The smallest absolute Gasteiger partial charge is 0.122 e. The van der Waals surface area contributed by atoms with Crippen molar-refractivity contribution in [1.82, 2.24) is 10.3 Å². The molecule has 0 saturated heterocycles. The Kier molecular flexibility index (Phi) is 4.81. The molecule has 1 aromatic rings. The first-order chi connectivity index (χ1) is 9.10. The van der Waals surface area contributed by atoms with Crippen LogP contribution in [-0.2, 0) is 6.54 Å². The molecule has 0 amide bonds. The zero-order valence-electron chi connectivity index (χ0n) is 12.6. The monoisotopic (exact) mass is 262 g/mol. The molecular weight excluding hydrogens is 236 g/mol. The van der Waals surface area contributed by atoms with E-state index in [1.807, 2.05) is 19.1 Å². The molecule has 1 aliphatic rings. The SMILES string of the molecule is COc1cc(C)nc(CNC2CCCC(C)C2C)c1. The lowest BCUT2D eigenvalue weighted by Gasteiger charge is -2.34. The molecule has 0 bridgehead atoms. The fraction of sp³-hybridized carbons (Fsp3) is 0.688. The summed E-state index contributed by atoms with van der Waals surface area (Å²) >= 11 is 0. The summed E-state index contributed by atoms with van der Waals surface area (Å²) in [5.74, 6) is 2.47. The maximum absolute atomic E-state index is 5.30. The molecule has 3 heteroatoms. The van der Waals surface area contributed by atoms with Crippen LogP contribution in [0.3, 0.4) is 0 Å². The first kappa shape index (κ1) is 14.3. The second-order valence-corrected chi connectivity index (χ2v) is 5.89. The molecule has 1 aliphatic carbocycles. The fourth-order valence-electron chi connectivity index (χ4n) is 3.02. The van der Waals surface area contributed by atoms with Gasteiger partial charge in [-0.25, -0.2) is 0 Å². The molecule has 1 N–H and O–H groups in total. The van der Waals surface area contributed by atoms with Crippen LogP contribution in [0.5, 0.6) is 5.75 Å². The molecule has 1 aromatic heterocycles. The molecular formula is C16H26N2O. The van der Waals surface area contributed by atoms with Gasteiger partial charge in [0.15, 0.2) is 0 Å². The molecule has 1 fully saturated rings. The van der Waals surface area contributed by atoms with Gasteiger partial charge in [0.25, 0.3) is 0 Å². The Morgan fingerprint density at radius 2 is 2.11 bits per heavy atom. The first-order valence-electron chi connectivity index (χ1n) is 7.35. The maximum atomic E-state index is 5.30. The lowest BCUT2D eigenvalue weighted by atomic mass is 9.78. The van der Waals surface area contributed by atoms with Gasteiger partial charge in [-0.3, -0.25) is 4.98 Å². The molecule has 1 saturated carbocycles. The average molecular weight is 262 g/mol. The van der Waals surface area contributed by atoms with Crippen molar-refractivity contribution in [3.8, 4) is 5.75 Å². The van der Waals surface area contributed by atoms with Gasteiger partial charge < -0.3 is 10.1 Å². The summed E-state index contributed by atoms with van der Waals surface area (Å²) in [6.45, 7) is 7.58. The Morgan fingerprint density at radius 1 is 1.32 bits per heavy atom. The highest BCUT2D eigenvalue weighted by molar-refractivity contribution is 5.26. The third-order valence-electron chi connectivity index (χ3n) is 4.47. The summed E-state index contributed by atoms with van der Waals surface area (Å²) in [4.78, 5) is 4.57. The first-order valence-corrected chi connectivity index (χ1v) is 7.35. The van der Waals surface area contributed by atoms with Crippen molar-refractivity contribution in [2.24, 2.45) is 11.8 Å². The molecule has 2 rings (SSSR count). The van der Waals surface area contributed by atoms with Gasteiger partial charge in [0.05, 0.1) is 12.8 Å². The molecule has 0 spiro atoms. The zero-order valence-corrected chi connectivity index (χ0v) is 12.6. The van der Waals surface area contributed by atoms with E-state index in [2.05, 4.69) is 24.1 Å². The van der Waals surface area contributed by atoms with Crippen molar-refractivity contribution in [2.75, 3.05) is 7.11 Å². The summed E-state index contributed by atoms with van der Waals surface area (Å²) in [6.07, 6.45) is 4.00. The van der Waals surface area contributed by atoms with Gasteiger partial charge in [-0.05, 0) is 25.2 Å². The van der Waals surface area contributed by atoms with Gasteiger partial charge >= 0.3 is 0 Å². The predicted molar refractivity (Wildman–Crippen MR) is 78.3 cm³/mol. The van der Waals surface area contributed by atoms with E-state index in [1.165, 1.54) is 19.3 Å². The van der Waals surface area contributed by atoms with Crippen LogP contribution in [0.25, 0.3) is 0 Å². The van der Waals surface area contributed by atoms with Crippen molar-refractivity contribution in [1.29, 1.82) is 0 Å². The Morgan fingerprint density at radius 3 is 2.84 bits per heavy atom. The molecule has 3 atom stereocenters. The largest absolute Gasteiger partial charge is 0.497 e. The number of aryl methyl sites for hydroxylation is 1. The van der Waals surface area contributed by atoms with E-state index in [0.717, 1.165) is 35.5 Å². The minimum Gasteiger partial charge on any atom is -0.497 e. The number of methoxy groups -OCH3 is 1. The molecule has 3 unspecified atom stereocenters. The summed E-state index contributed by atoms with van der Waals surface area (Å²) in [7, 11) is 1.71. The van der Waals surface area contributed by atoms with Crippen molar-refractivity contribution in [3.63, 3.8) is 0 Å². The molecule has 0 aromatic carbocycles.